The summed E-state index contributed by atoms with van der Waals surface area (Å²) in [6, 6.07) is 16.5. The number of para-hydroxylation sites is 2. The highest BCUT2D eigenvalue weighted by Crippen LogP contribution is 2.40. The fourth-order valence-corrected chi connectivity index (χ4v) is 5.32. The van der Waals surface area contributed by atoms with E-state index in [1.165, 1.54) is 7.11 Å². The lowest BCUT2D eigenvalue weighted by atomic mass is 9.72. The summed E-state index contributed by atoms with van der Waals surface area (Å²) in [6.45, 7) is 0.830. The Labute approximate surface area is 214 Å². The molecule has 11 heteroatoms. The van der Waals surface area contributed by atoms with Crippen molar-refractivity contribution in [3.05, 3.63) is 83.9 Å². The Balaban J connectivity index is 1.63. The van der Waals surface area contributed by atoms with E-state index < -0.39 is 39.0 Å². The summed E-state index contributed by atoms with van der Waals surface area (Å²) < 4.78 is 70.0. The number of amides is 1. The number of ether oxygens (including phenoxy) is 2. The summed E-state index contributed by atoms with van der Waals surface area (Å²) in [7, 11) is -1.72. The van der Waals surface area contributed by atoms with Crippen molar-refractivity contribution in [1.29, 1.82) is 0 Å². The summed E-state index contributed by atoms with van der Waals surface area (Å²) in [5.74, 6) is -2.50. The number of carbonyl (C=O) groups is 1. The molecule has 3 aromatic rings. The van der Waals surface area contributed by atoms with Gasteiger partial charge in [-0.05, 0) is 54.8 Å². The maximum Gasteiger partial charge on any atom is 0.409 e. The molecule has 1 fully saturated rings. The van der Waals surface area contributed by atoms with Crippen LogP contribution in [0, 0.1) is 11.6 Å². The van der Waals surface area contributed by atoms with Crippen LogP contribution in [-0.4, -0.2) is 41.6 Å². The molecule has 0 atom stereocenters. The number of anilines is 1. The highest BCUT2D eigenvalue weighted by molar-refractivity contribution is 7.85. The number of piperidine rings is 1. The minimum absolute atomic E-state index is 0.254. The predicted molar refractivity (Wildman–Crippen MR) is 133 cm³/mol. The molecule has 0 bridgehead atoms. The van der Waals surface area contributed by atoms with E-state index in [-0.39, 0.29) is 12.8 Å². The molecule has 0 aromatic heterocycles. The lowest BCUT2D eigenvalue weighted by molar-refractivity contribution is -0.125. The third-order valence-corrected chi connectivity index (χ3v) is 7.25. The monoisotopic (exact) mass is 532 g/mol. The third kappa shape index (κ3) is 5.61. The van der Waals surface area contributed by atoms with Gasteiger partial charge < -0.3 is 18.6 Å². The minimum Gasteiger partial charge on any atom is -0.497 e. The first-order valence-corrected chi connectivity index (χ1v) is 12.8. The molecule has 37 heavy (non-hydrogen) atoms. The zero-order valence-corrected chi connectivity index (χ0v) is 21.1. The number of carbonyl (C=O) groups excluding carboxylic acids is 1. The van der Waals surface area contributed by atoms with Crippen LogP contribution in [0.25, 0.3) is 0 Å². The zero-order chi connectivity index (χ0) is 26.6. The first kappa shape index (κ1) is 26.2. The average molecular weight is 533 g/mol. The Kier molecular flexibility index (Phi) is 7.53. The van der Waals surface area contributed by atoms with Gasteiger partial charge in [0.15, 0.2) is 11.6 Å². The highest BCUT2D eigenvalue weighted by atomic mass is 32.2. The van der Waals surface area contributed by atoms with Crippen LogP contribution in [0.3, 0.4) is 0 Å². The van der Waals surface area contributed by atoms with E-state index in [1.54, 1.807) is 31.4 Å². The maximum atomic E-state index is 14.0. The number of rotatable bonds is 8. The van der Waals surface area contributed by atoms with Crippen LogP contribution in [-0.2, 0) is 20.5 Å². The summed E-state index contributed by atoms with van der Waals surface area (Å²) in [6.07, 6.45) is 0.509. The number of nitrogens with one attached hydrogen (secondary N) is 1. The van der Waals surface area contributed by atoms with Crippen molar-refractivity contribution < 1.29 is 35.6 Å². The fourth-order valence-electron chi connectivity index (χ4n) is 4.48. The number of methoxy groups -OCH3 is 2. The van der Waals surface area contributed by atoms with Gasteiger partial charge in [0.2, 0.25) is 5.91 Å². The molecule has 1 aliphatic heterocycles. The van der Waals surface area contributed by atoms with Crippen LogP contribution in [0.1, 0.15) is 18.4 Å². The molecule has 0 spiro atoms. The van der Waals surface area contributed by atoms with Crippen molar-refractivity contribution in [1.82, 2.24) is 4.72 Å². The van der Waals surface area contributed by atoms with Gasteiger partial charge in [0.25, 0.3) is 0 Å². The Morgan fingerprint density at radius 2 is 1.65 bits per heavy atom. The van der Waals surface area contributed by atoms with Crippen LogP contribution in [0.4, 0.5) is 14.5 Å². The Morgan fingerprint density at radius 1 is 0.919 bits per heavy atom. The van der Waals surface area contributed by atoms with Crippen molar-refractivity contribution >= 4 is 21.9 Å². The molecule has 3 aromatic carbocycles. The van der Waals surface area contributed by atoms with Gasteiger partial charge >= 0.3 is 10.3 Å². The predicted octanol–water partition coefficient (Wildman–Crippen LogP) is 3.96. The number of benzene rings is 3. The second kappa shape index (κ2) is 10.6. The van der Waals surface area contributed by atoms with E-state index in [4.69, 9.17) is 13.7 Å². The van der Waals surface area contributed by atoms with Gasteiger partial charge in [-0.3, -0.25) is 4.79 Å². The van der Waals surface area contributed by atoms with Crippen LogP contribution in [0.15, 0.2) is 66.7 Å². The maximum absolute atomic E-state index is 14.0. The smallest absolute Gasteiger partial charge is 0.409 e. The van der Waals surface area contributed by atoms with Crippen molar-refractivity contribution in [2.45, 2.75) is 18.3 Å². The zero-order valence-electron chi connectivity index (χ0n) is 20.2. The van der Waals surface area contributed by atoms with Crippen molar-refractivity contribution in [3.63, 3.8) is 0 Å². The molecule has 196 valence electrons. The fraction of sp³-hybridized carbons (Fsp3) is 0.269. The number of halogens is 2. The van der Waals surface area contributed by atoms with Gasteiger partial charge in [-0.1, -0.05) is 24.3 Å². The average Bonchev–Trinajstić information content (AvgIpc) is 2.90. The summed E-state index contributed by atoms with van der Waals surface area (Å²) in [4.78, 5) is 15.7. The van der Waals surface area contributed by atoms with Gasteiger partial charge in [0.1, 0.15) is 17.3 Å². The van der Waals surface area contributed by atoms with Crippen LogP contribution >= 0.6 is 0 Å². The van der Waals surface area contributed by atoms with Gasteiger partial charge in [-0.15, -0.1) is 0 Å². The molecule has 1 N–H and O–H groups in total. The molecule has 4 rings (SSSR count). The third-order valence-electron chi connectivity index (χ3n) is 6.41. The lowest BCUT2D eigenvalue weighted by Gasteiger charge is -2.42. The molecule has 0 unspecified atom stereocenters. The lowest BCUT2D eigenvalue weighted by Crippen LogP contribution is -2.53. The van der Waals surface area contributed by atoms with E-state index in [9.17, 15) is 22.0 Å². The molecular weight excluding hydrogens is 506 g/mol. The molecule has 0 radical (unpaired) electrons. The molecule has 1 amide bonds. The minimum atomic E-state index is -4.78. The van der Waals surface area contributed by atoms with E-state index in [1.807, 2.05) is 29.0 Å². The van der Waals surface area contributed by atoms with Gasteiger partial charge in [-0.25, -0.2) is 13.5 Å². The summed E-state index contributed by atoms with van der Waals surface area (Å²) in [5, 5.41) is 0. The molecule has 1 aliphatic rings. The normalized spacial score (nSPS) is 15.1. The molecule has 0 aliphatic carbocycles. The van der Waals surface area contributed by atoms with E-state index >= 15 is 0 Å². The second-order valence-electron chi connectivity index (χ2n) is 8.52. The standard InChI is InChI=1S/C26H26F2N2O6S/c1-34-20-7-5-6-18(16-20)26(12-14-30(15-13-26)22-8-3-4-9-24(22)35-2)25(31)29-37(32,33)36-23-11-10-19(27)17-21(23)28/h3-11,16-17H,12-15H2,1-2H3,(H,29,31). The van der Waals surface area contributed by atoms with Crippen LogP contribution in [0.2, 0.25) is 0 Å². The Morgan fingerprint density at radius 3 is 2.32 bits per heavy atom. The van der Waals surface area contributed by atoms with Gasteiger partial charge in [0, 0.05) is 19.2 Å². The van der Waals surface area contributed by atoms with Crippen molar-refractivity contribution in [2.24, 2.45) is 0 Å². The summed E-state index contributed by atoms with van der Waals surface area (Å²) >= 11 is 0. The molecule has 1 saturated heterocycles. The van der Waals surface area contributed by atoms with Gasteiger partial charge in [-0.2, -0.15) is 8.42 Å². The number of hydrogen-bond acceptors (Lipinski definition) is 7. The van der Waals surface area contributed by atoms with Crippen molar-refractivity contribution in [3.8, 4) is 17.2 Å². The second-order valence-corrected chi connectivity index (χ2v) is 9.80. The van der Waals surface area contributed by atoms with E-state index in [0.717, 1.165) is 17.8 Å². The number of hydrogen-bond donors (Lipinski definition) is 1. The van der Waals surface area contributed by atoms with Crippen LogP contribution in [0.5, 0.6) is 17.2 Å². The largest absolute Gasteiger partial charge is 0.497 e. The first-order chi connectivity index (χ1) is 17.7. The topological polar surface area (TPSA) is 94.2 Å². The summed E-state index contributed by atoms with van der Waals surface area (Å²) in [5.41, 5.74) is 0.157. The quantitative estimate of drug-likeness (QED) is 0.469. The molecule has 1 heterocycles. The number of nitrogens with zero attached hydrogens (tertiary/aromatic N) is 1. The Hall–Kier alpha value is -3.86. The van der Waals surface area contributed by atoms with Crippen molar-refractivity contribution in [2.75, 3.05) is 32.2 Å². The first-order valence-electron chi connectivity index (χ1n) is 11.4. The Bertz CT molecular complexity index is 1390. The molecule has 8 nitrogen and oxygen atoms in total. The van der Waals surface area contributed by atoms with E-state index in [2.05, 4.69) is 4.90 Å². The van der Waals surface area contributed by atoms with E-state index in [0.29, 0.717) is 36.2 Å². The van der Waals surface area contributed by atoms with Crippen LogP contribution < -0.4 is 23.3 Å². The van der Waals surface area contributed by atoms with Gasteiger partial charge in [0.05, 0.1) is 25.3 Å². The molecular formula is C26H26F2N2O6S. The SMILES string of the molecule is COc1cccc(C2(C(=O)NS(=O)(=O)Oc3ccc(F)cc3F)CCN(c3ccccc3OC)CC2)c1. The highest BCUT2D eigenvalue weighted by Gasteiger charge is 2.45. The molecule has 0 saturated carbocycles.